The molecule has 0 unspecified atom stereocenters. The molecule has 2 fully saturated rings. The highest BCUT2D eigenvalue weighted by Crippen LogP contribution is 2.15. The number of hydrogen-bond donors (Lipinski definition) is 3. The van der Waals surface area contributed by atoms with E-state index in [2.05, 4.69) is 12.2 Å². The largest absolute Gasteiger partial charge is 0.343 e. The van der Waals surface area contributed by atoms with Gasteiger partial charge in [0, 0.05) is 26.2 Å². The van der Waals surface area contributed by atoms with Crippen molar-refractivity contribution in [3.05, 3.63) is 0 Å². The second-order valence-electron chi connectivity index (χ2n) is 5.19. The SMILES string of the molecule is CC1CCN(C(=N)NC(=N)N2CCCC2)CC1. The lowest BCUT2D eigenvalue weighted by Crippen LogP contribution is -2.50. The molecule has 3 N–H and O–H groups in total. The Kier molecular flexibility index (Phi) is 3.86. The third kappa shape index (κ3) is 3.11. The van der Waals surface area contributed by atoms with Crippen molar-refractivity contribution in [1.29, 1.82) is 10.8 Å². The molecular weight excluding hydrogens is 214 g/mol. The summed E-state index contributed by atoms with van der Waals surface area (Å²) in [5, 5.41) is 18.8. The minimum absolute atomic E-state index is 0.395. The van der Waals surface area contributed by atoms with Crippen LogP contribution in [0.15, 0.2) is 0 Å². The first-order valence-corrected chi connectivity index (χ1v) is 6.61. The third-order valence-corrected chi connectivity index (χ3v) is 3.76. The fourth-order valence-corrected chi connectivity index (χ4v) is 2.44. The molecule has 96 valence electrons. The van der Waals surface area contributed by atoms with Gasteiger partial charge in [0.25, 0.3) is 0 Å². The average Bonchev–Trinajstić information content (AvgIpc) is 2.83. The highest BCUT2D eigenvalue weighted by Gasteiger charge is 2.21. The summed E-state index contributed by atoms with van der Waals surface area (Å²) in [5.74, 6) is 1.57. The number of likely N-dealkylation sites (tertiary alicyclic amines) is 2. The van der Waals surface area contributed by atoms with E-state index in [1.807, 2.05) is 9.80 Å². The Bertz CT molecular complexity index is 287. The van der Waals surface area contributed by atoms with E-state index in [-0.39, 0.29) is 0 Å². The van der Waals surface area contributed by atoms with E-state index < -0.39 is 0 Å². The van der Waals surface area contributed by atoms with Crippen molar-refractivity contribution in [2.45, 2.75) is 32.6 Å². The Balaban J connectivity index is 1.78. The first-order valence-electron chi connectivity index (χ1n) is 6.61. The summed E-state index contributed by atoms with van der Waals surface area (Å²) in [6.07, 6.45) is 4.64. The van der Waals surface area contributed by atoms with Crippen molar-refractivity contribution in [3.63, 3.8) is 0 Å². The van der Waals surface area contributed by atoms with Crippen LogP contribution >= 0.6 is 0 Å². The zero-order chi connectivity index (χ0) is 12.3. The quantitative estimate of drug-likeness (QED) is 0.439. The minimum Gasteiger partial charge on any atom is -0.343 e. The maximum Gasteiger partial charge on any atom is 0.197 e. The van der Waals surface area contributed by atoms with Gasteiger partial charge in [-0.1, -0.05) is 6.92 Å². The van der Waals surface area contributed by atoms with Crippen LogP contribution in [0.3, 0.4) is 0 Å². The van der Waals surface area contributed by atoms with E-state index in [0.717, 1.165) is 44.9 Å². The molecule has 2 saturated heterocycles. The van der Waals surface area contributed by atoms with Crippen molar-refractivity contribution >= 4 is 11.9 Å². The fourth-order valence-electron chi connectivity index (χ4n) is 2.44. The molecule has 0 aliphatic carbocycles. The van der Waals surface area contributed by atoms with Crippen LogP contribution in [0.5, 0.6) is 0 Å². The summed E-state index contributed by atoms with van der Waals surface area (Å²) in [6.45, 7) is 6.06. The predicted molar refractivity (Wildman–Crippen MR) is 69.4 cm³/mol. The van der Waals surface area contributed by atoms with Crippen LogP contribution < -0.4 is 5.32 Å². The highest BCUT2D eigenvalue weighted by atomic mass is 15.4. The highest BCUT2D eigenvalue weighted by molar-refractivity contribution is 5.95. The van der Waals surface area contributed by atoms with Crippen LogP contribution in [0.1, 0.15) is 32.6 Å². The lowest BCUT2D eigenvalue weighted by molar-refractivity contribution is 0.274. The lowest BCUT2D eigenvalue weighted by Gasteiger charge is -2.33. The number of nitrogens with one attached hydrogen (secondary N) is 3. The summed E-state index contributed by atoms with van der Waals surface area (Å²) < 4.78 is 0. The summed E-state index contributed by atoms with van der Waals surface area (Å²) >= 11 is 0. The zero-order valence-corrected chi connectivity index (χ0v) is 10.6. The first kappa shape index (κ1) is 12.2. The van der Waals surface area contributed by atoms with Gasteiger partial charge in [-0.2, -0.15) is 0 Å². The molecule has 5 heteroatoms. The summed E-state index contributed by atoms with van der Waals surface area (Å²) in [6, 6.07) is 0. The fraction of sp³-hybridized carbons (Fsp3) is 0.833. The predicted octanol–water partition coefficient (Wildman–Crippen LogP) is 1.27. The lowest BCUT2D eigenvalue weighted by atomic mass is 10.00. The Morgan fingerprint density at radius 1 is 0.941 bits per heavy atom. The van der Waals surface area contributed by atoms with Crippen LogP contribution in [0.25, 0.3) is 0 Å². The van der Waals surface area contributed by atoms with Gasteiger partial charge in [0.15, 0.2) is 11.9 Å². The van der Waals surface area contributed by atoms with Crippen LogP contribution in [-0.4, -0.2) is 47.9 Å². The van der Waals surface area contributed by atoms with E-state index >= 15 is 0 Å². The Morgan fingerprint density at radius 2 is 1.41 bits per heavy atom. The minimum atomic E-state index is 0.395. The molecule has 0 radical (unpaired) electrons. The molecule has 2 aliphatic heterocycles. The van der Waals surface area contributed by atoms with Crippen molar-refractivity contribution in [1.82, 2.24) is 15.1 Å². The first-order chi connectivity index (χ1) is 8.16. The van der Waals surface area contributed by atoms with Crippen molar-refractivity contribution in [3.8, 4) is 0 Å². The second-order valence-corrected chi connectivity index (χ2v) is 5.19. The smallest absolute Gasteiger partial charge is 0.197 e. The molecule has 5 nitrogen and oxygen atoms in total. The van der Waals surface area contributed by atoms with Crippen LogP contribution in [0.2, 0.25) is 0 Å². The Hall–Kier alpha value is -1.26. The van der Waals surface area contributed by atoms with Gasteiger partial charge in [0.1, 0.15) is 0 Å². The maximum atomic E-state index is 7.99. The normalized spacial score (nSPS) is 21.7. The van der Waals surface area contributed by atoms with E-state index in [1.165, 1.54) is 12.8 Å². The molecule has 0 aromatic heterocycles. The van der Waals surface area contributed by atoms with Crippen molar-refractivity contribution in [2.24, 2.45) is 5.92 Å². The molecule has 0 atom stereocenters. The van der Waals surface area contributed by atoms with Crippen LogP contribution in [-0.2, 0) is 0 Å². The number of nitrogens with zero attached hydrogens (tertiary/aromatic N) is 2. The number of rotatable bonds is 0. The van der Waals surface area contributed by atoms with Gasteiger partial charge in [0.2, 0.25) is 0 Å². The molecule has 0 bridgehead atoms. The molecule has 0 saturated carbocycles. The van der Waals surface area contributed by atoms with Gasteiger partial charge in [-0.05, 0) is 31.6 Å². The standard InChI is InChI=1S/C12H23N5/c1-10-4-8-17(9-5-10)12(14)15-11(13)16-6-2-3-7-16/h10H,2-9H2,1H3,(H3,13,14,15). The topological polar surface area (TPSA) is 66.2 Å². The molecule has 0 aromatic carbocycles. The van der Waals surface area contributed by atoms with Crippen molar-refractivity contribution in [2.75, 3.05) is 26.2 Å². The van der Waals surface area contributed by atoms with Gasteiger partial charge in [-0.3, -0.25) is 16.1 Å². The molecule has 0 spiro atoms. The second kappa shape index (κ2) is 5.38. The molecule has 0 aromatic rings. The summed E-state index contributed by atoms with van der Waals surface area (Å²) in [4.78, 5) is 4.06. The monoisotopic (exact) mass is 237 g/mol. The zero-order valence-electron chi connectivity index (χ0n) is 10.6. The van der Waals surface area contributed by atoms with E-state index in [9.17, 15) is 0 Å². The summed E-state index contributed by atoms with van der Waals surface area (Å²) in [5.41, 5.74) is 0. The van der Waals surface area contributed by atoms with Gasteiger partial charge in [-0.15, -0.1) is 0 Å². The molecule has 2 aliphatic rings. The number of guanidine groups is 2. The van der Waals surface area contributed by atoms with Gasteiger partial charge in [-0.25, -0.2) is 0 Å². The van der Waals surface area contributed by atoms with E-state index in [0.29, 0.717) is 11.9 Å². The van der Waals surface area contributed by atoms with Crippen LogP contribution in [0.4, 0.5) is 0 Å². The van der Waals surface area contributed by atoms with Gasteiger partial charge < -0.3 is 9.80 Å². The molecule has 17 heavy (non-hydrogen) atoms. The van der Waals surface area contributed by atoms with E-state index in [4.69, 9.17) is 10.8 Å². The molecule has 2 rings (SSSR count). The van der Waals surface area contributed by atoms with Crippen molar-refractivity contribution < 1.29 is 0 Å². The molecular formula is C12H23N5. The maximum absolute atomic E-state index is 7.99. The number of piperidine rings is 1. The van der Waals surface area contributed by atoms with Gasteiger partial charge >= 0.3 is 0 Å². The van der Waals surface area contributed by atoms with Gasteiger partial charge in [0.05, 0.1) is 0 Å². The Labute approximate surface area is 103 Å². The van der Waals surface area contributed by atoms with Crippen LogP contribution in [0, 0.1) is 16.7 Å². The molecule has 0 amide bonds. The third-order valence-electron chi connectivity index (χ3n) is 3.76. The number of hydrogen-bond acceptors (Lipinski definition) is 2. The molecule has 2 heterocycles. The van der Waals surface area contributed by atoms with E-state index in [1.54, 1.807) is 0 Å². The summed E-state index contributed by atoms with van der Waals surface area (Å²) in [7, 11) is 0. The Morgan fingerprint density at radius 3 is 1.94 bits per heavy atom. The average molecular weight is 237 g/mol.